The van der Waals surface area contributed by atoms with E-state index in [-0.39, 0.29) is 54.8 Å². The monoisotopic (exact) mass is 476 g/mol. The van der Waals surface area contributed by atoms with E-state index in [1.54, 1.807) is 0 Å². The van der Waals surface area contributed by atoms with Crippen molar-refractivity contribution in [3.8, 4) is 11.3 Å². The molecular formula is C22H22F6N2O3. The first kappa shape index (κ1) is 24.9. The van der Waals surface area contributed by atoms with Gasteiger partial charge in [-0.25, -0.2) is 4.98 Å². The van der Waals surface area contributed by atoms with Gasteiger partial charge in [-0.1, -0.05) is 12.1 Å². The van der Waals surface area contributed by atoms with Gasteiger partial charge >= 0.3 is 12.4 Å². The number of ether oxygens (including phenoxy) is 1. The molecule has 0 bridgehead atoms. The highest BCUT2D eigenvalue weighted by Crippen LogP contribution is 2.30. The van der Waals surface area contributed by atoms with Gasteiger partial charge in [-0.3, -0.25) is 14.2 Å². The van der Waals surface area contributed by atoms with Crippen molar-refractivity contribution in [2.45, 2.75) is 63.5 Å². The highest BCUT2D eigenvalue weighted by Gasteiger charge is 2.30. The van der Waals surface area contributed by atoms with Gasteiger partial charge in [-0.05, 0) is 31.4 Å². The second kappa shape index (κ2) is 10.1. The predicted molar refractivity (Wildman–Crippen MR) is 107 cm³/mol. The van der Waals surface area contributed by atoms with Crippen LogP contribution in [-0.4, -0.2) is 34.2 Å². The molecule has 33 heavy (non-hydrogen) atoms. The Bertz CT molecular complexity index is 1020. The van der Waals surface area contributed by atoms with Gasteiger partial charge in [0, 0.05) is 37.5 Å². The van der Waals surface area contributed by atoms with Crippen molar-refractivity contribution in [2.24, 2.45) is 0 Å². The molecule has 180 valence electrons. The Hall–Kier alpha value is -2.69. The molecule has 5 nitrogen and oxygen atoms in total. The first-order valence-electron chi connectivity index (χ1n) is 10.4. The van der Waals surface area contributed by atoms with Crippen molar-refractivity contribution >= 4 is 5.78 Å². The number of alkyl halides is 6. The zero-order chi connectivity index (χ0) is 24.2. The van der Waals surface area contributed by atoms with Crippen LogP contribution in [-0.2, 0) is 28.7 Å². The molecular weight excluding hydrogens is 454 g/mol. The Kier molecular flexibility index (Phi) is 7.61. The van der Waals surface area contributed by atoms with Crippen LogP contribution < -0.4 is 5.56 Å². The fraction of sp³-hybridized carbons (Fsp3) is 0.500. The van der Waals surface area contributed by atoms with Crippen molar-refractivity contribution in [1.29, 1.82) is 0 Å². The van der Waals surface area contributed by atoms with E-state index in [4.69, 9.17) is 4.74 Å². The summed E-state index contributed by atoms with van der Waals surface area (Å²) in [6.07, 6.45) is -9.11. The van der Waals surface area contributed by atoms with Gasteiger partial charge in [0.25, 0.3) is 5.56 Å². The Morgan fingerprint density at radius 2 is 1.79 bits per heavy atom. The molecule has 0 radical (unpaired) electrons. The van der Waals surface area contributed by atoms with Gasteiger partial charge in [0.1, 0.15) is 5.82 Å². The summed E-state index contributed by atoms with van der Waals surface area (Å²) in [4.78, 5) is 29.3. The zero-order valence-corrected chi connectivity index (χ0v) is 17.5. The first-order valence-corrected chi connectivity index (χ1v) is 10.4. The number of aromatic nitrogens is 2. The topological polar surface area (TPSA) is 61.2 Å². The van der Waals surface area contributed by atoms with Crippen LogP contribution in [0.1, 0.15) is 43.5 Å². The number of hydrogen-bond donors (Lipinski definition) is 0. The number of halogens is 6. The molecule has 1 aliphatic rings. The van der Waals surface area contributed by atoms with Crippen molar-refractivity contribution < 1.29 is 35.9 Å². The Morgan fingerprint density at radius 1 is 1.12 bits per heavy atom. The lowest BCUT2D eigenvalue weighted by molar-refractivity contribution is -0.137. The molecule has 1 aromatic heterocycles. The van der Waals surface area contributed by atoms with Gasteiger partial charge < -0.3 is 4.74 Å². The smallest absolute Gasteiger partial charge is 0.378 e. The summed E-state index contributed by atoms with van der Waals surface area (Å²) in [5.41, 5.74) is -1.30. The maximum Gasteiger partial charge on any atom is 0.416 e. The second-order valence-corrected chi connectivity index (χ2v) is 7.88. The van der Waals surface area contributed by atoms with E-state index >= 15 is 0 Å². The minimum atomic E-state index is -4.54. The van der Waals surface area contributed by atoms with Crippen molar-refractivity contribution in [3.05, 3.63) is 52.1 Å². The summed E-state index contributed by atoms with van der Waals surface area (Å²) in [6, 6.07) is 5.00. The lowest BCUT2D eigenvalue weighted by Crippen LogP contribution is -2.30. The molecule has 1 atom stereocenters. The van der Waals surface area contributed by atoms with Crippen LogP contribution in [0.4, 0.5) is 26.3 Å². The normalized spacial score (nSPS) is 16.5. The molecule has 2 aromatic rings. The molecule has 1 fully saturated rings. The van der Waals surface area contributed by atoms with Gasteiger partial charge in [0.15, 0.2) is 5.78 Å². The Labute approximate surface area is 185 Å². The fourth-order valence-corrected chi connectivity index (χ4v) is 3.43. The predicted octanol–water partition coefficient (Wildman–Crippen LogP) is 4.95. The molecule has 3 rings (SSSR count). The third-order valence-electron chi connectivity index (χ3n) is 5.33. The summed E-state index contributed by atoms with van der Waals surface area (Å²) >= 11 is 0. The first-order chi connectivity index (χ1) is 15.4. The van der Waals surface area contributed by atoms with Gasteiger partial charge in [0.2, 0.25) is 0 Å². The van der Waals surface area contributed by atoms with Crippen molar-refractivity contribution in [3.63, 3.8) is 0 Å². The van der Waals surface area contributed by atoms with Crippen LogP contribution in [0.2, 0.25) is 0 Å². The van der Waals surface area contributed by atoms with Gasteiger partial charge in [-0.2, -0.15) is 26.3 Å². The summed E-state index contributed by atoms with van der Waals surface area (Å²) in [6.45, 7) is 0.296. The SMILES string of the molecule is O=C(CCC1CCO1)Cn1c(CCCC(F)(F)F)nc(-c2ccc(C(F)(F)F)cc2)cc1=O. The average Bonchev–Trinajstić information content (AvgIpc) is 2.67. The average molecular weight is 476 g/mol. The number of ketones is 1. The molecule has 0 amide bonds. The van der Waals surface area contributed by atoms with Crippen LogP contribution in [0.5, 0.6) is 0 Å². The van der Waals surface area contributed by atoms with Crippen LogP contribution in [0.25, 0.3) is 11.3 Å². The van der Waals surface area contributed by atoms with E-state index in [0.29, 0.717) is 13.0 Å². The lowest BCUT2D eigenvalue weighted by Gasteiger charge is -2.26. The number of rotatable bonds is 9. The minimum Gasteiger partial charge on any atom is -0.378 e. The molecule has 0 spiro atoms. The molecule has 1 aliphatic heterocycles. The van der Waals surface area contributed by atoms with Crippen LogP contribution in [0, 0.1) is 0 Å². The van der Waals surface area contributed by atoms with E-state index in [9.17, 15) is 35.9 Å². The van der Waals surface area contributed by atoms with Crippen LogP contribution >= 0.6 is 0 Å². The van der Waals surface area contributed by atoms with Crippen molar-refractivity contribution in [1.82, 2.24) is 9.55 Å². The van der Waals surface area contributed by atoms with Crippen LogP contribution in [0.15, 0.2) is 35.1 Å². The largest absolute Gasteiger partial charge is 0.416 e. The van der Waals surface area contributed by atoms with E-state index < -0.39 is 29.9 Å². The Balaban J connectivity index is 1.84. The maximum absolute atomic E-state index is 12.8. The molecule has 1 unspecified atom stereocenters. The molecule has 0 aliphatic carbocycles. The fourth-order valence-electron chi connectivity index (χ4n) is 3.43. The standard InChI is InChI=1S/C22H22F6N2O3/c23-21(24,25)10-1-2-19-29-18(14-3-5-15(6-4-14)22(26,27)28)12-20(32)30(19)13-16(31)7-8-17-9-11-33-17/h3-6,12,17H,1-2,7-11,13H2. The van der Waals surface area contributed by atoms with E-state index in [1.165, 1.54) is 0 Å². The third-order valence-corrected chi connectivity index (χ3v) is 5.33. The second-order valence-electron chi connectivity index (χ2n) is 7.88. The third kappa shape index (κ3) is 7.15. The zero-order valence-electron chi connectivity index (χ0n) is 17.5. The van der Waals surface area contributed by atoms with E-state index in [2.05, 4.69) is 4.98 Å². The lowest BCUT2D eigenvalue weighted by atomic mass is 10.1. The quantitative estimate of drug-likeness (QED) is 0.481. The summed E-state index contributed by atoms with van der Waals surface area (Å²) in [5.74, 6) is -0.302. The molecule has 1 aromatic carbocycles. The molecule has 2 heterocycles. The number of aryl methyl sites for hydroxylation is 1. The van der Waals surface area contributed by atoms with E-state index in [1.807, 2.05) is 0 Å². The van der Waals surface area contributed by atoms with E-state index in [0.717, 1.165) is 41.3 Å². The molecule has 1 saturated heterocycles. The number of benzene rings is 1. The highest BCUT2D eigenvalue weighted by atomic mass is 19.4. The highest BCUT2D eigenvalue weighted by molar-refractivity contribution is 5.78. The Morgan fingerprint density at radius 3 is 2.33 bits per heavy atom. The number of nitrogens with zero attached hydrogens (tertiary/aromatic N) is 2. The number of hydrogen-bond acceptors (Lipinski definition) is 4. The summed E-state index contributed by atoms with van der Waals surface area (Å²) in [7, 11) is 0. The van der Waals surface area contributed by atoms with Gasteiger partial charge in [-0.15, -0.1) is 0 Å². The maximum atomic E-state index is 12.8. The summed E-state index contributed by atoms with van der Waals surface area (Å²) in [5, 5.41) is 0. The number of carbonyl (C=O) groups is 1. The molecule has 0 saturated carbocycles. The number of carbonyl (C=O) groups excluding carboxylic acids is 1. The summed E-state index contributed by atoms with van der Waals surface area (Å²) < 4.78 is 82.5. The molecule has 11 heteroatoms. The van der Waals surface area contributed by atoms with Crippen molar-refractivity contribution in [2.75, 3.05) is 6.61 Å². The number of Topliss-reactive ketones (excluding diaryl/α,β-unsaturated/α-hetero) is 1. The molecule has 0 N–H and O–H groups in total. The van der Waals surface area contributed by atoms with Crippen LogP contribution in [0.3, 0.4) is 0 Å². The van der Waals surface area contributed by atoms with Gasteiger partial charge in [0.05, 0.1) is 23.9 Å². The minimum absolute atomic E-state index is 0.00269.